The number of benzene rings is 2. The maximum Gasteiger partial charge on any atom is 0.244 e. The topological polar surface area (TPSA) is 26.8 Å². The Morgan fingerprint density at radius 2 is 1.62 bits per heavy atom. The second-order valence-corrected chi connectivity index (χ2v) is 9.05. The molecule has 2 heterocycles. The zero-order chi connectivity index (χ0) is 20.0. The van der Waals surface area contributed by atoms with Crippen LogP contribution in [0.15, 0.2) is 42.5 Å². The Bertz CT molecular complexity index is 910. The molecular formula is C23H25Cl2N3O. The van der Waals surface area contributed by atoms with Crippen molar-refractivity contribution >= 4 is 40.5 Å². The third kappa shape index (κ3) is 3.63. The van der Waals surface area contributed by atoms with Crippen LogP contribution in [0.3, 0.4) is 0 Å². The highest BCUT2D eigenvalue weighted by Gasteiger charge is 2.39. The average molecular weight is 430 g/mol. The lowest BCUT2D eigenvalue weighted by atomic mass is 10.1. The second-order valence-electron chi connectivity index (χ2n) is 8.23. The van der Waals surface area contributed by atoms with Gasteiger partial charge < -0.3 is 9.80 Å². The molecule has 1 amide bonds. The highest BCUT2D eigenvalue weighted by molar-refractivity contribution is 6.36. The van der Waals surface area contributed by atoms with E-state index in [2.05, 4.69) is 28.0 Å². The van der Waals surface area contributed by atoms with Gasteiger partial charge in [0.05, 0.1) is 17.4 Å². The van der Waals surface area contributed by atoms with Gasteiger partial charge in [-0.2, -0.15) is 0 Å². The molecule has 0 bridgehead atoms. The average Bonchev–Trinajstić information content (AvgIpc) is 3.47. The Hall–Kier alpha value is -1.75. The first-order valence-corrected chi connectivity index (χ1v) is 11.2. The molecule has 0 spiro atoms. The van der Waals surface area contributed by atoms with Gasteiger partial charge in [0.25, 0.3) is 0 Å². The fourth-order valence-corrected chi connectivity index (χ4v) is 5.26. The van der Waals surface area contributed by atoms with E-state index >= 15 is 0 Å². The van der Waals surface area contributed by atoms with Crippen molar-refractivity contribution in [2.75, 3.05) is 29.4 Å². The third-order valence-electron chi connectivity index (χ3n) is 6.37. The van der Waals surface area contributed by atoms with Crippen LogP contribution < -0.4 is 9.80 Å². The fraction of sp³-hybridized carbons (Fsp3) is 0.435. The Morgan fingerprint density at radius 1 is 0.897 bits per heavy atom. The first kappa shape index (κ1) is 19.2. The lowest BCUT2D eigenvalue weighted by Gasteiger charge is -2.40. The molecule has 0 N–H and O–H groups in total. The van der Waals surface area contributed by atoms with Crippen molar-refractivity contribution in [2.45, 2.75) is 44.3 Å². The third-order valence-corrected chi connectivity index (χ3v) is 7.08. The SMILES string of the molecule is O=C([C@@H]1CCCN1Cc1c(Cl)cccc1Cl)N1CCN(C2CC2)c2ccccc21. The van der Waals surface area contributed by atoms with Gasteiger partial charge in [-0.25, -0.2) is 0 Å². The van der Waals surface area contributed by atoms with Crippen molar-refractivity contribution in [3.8, 4) is 0 Å². The Morgan fingerprint density at radius 3 is 2.34 bits per heavy atom. The summed E-state index contributed by atoms with van der Waals surface area (Å²) in [7, 11) is 0. The molecule has 2 aromatic rings. The number of amides is 1. The van der Waals surface area contributed by atoms with Crippen molar-refractivity contribution in [2.24, 2.45) is 0 Å². The van der Waals surface area contributed by atoms with E-state index < -0.39 is 0 Å². The number of para-hydroxylation sites is 2. The van der Waals surface area contributed by atoms with Crippen molar-refractivity contribution < 1.29 is 4.79 Å². The second kappa shape index (κ2) is 7.82. The molecule has 2 aromatic carbocycles. The lowest BCUT2D eigenvalue weighted by molar-refractivity contribution is -0.123. The molecule has 2 aliphatic heterocycles. The molecule has 2 fully saturated rings. The summed E-state index contributed by atoms with van der Waals surface area (Å²) in [6.45, 7) is 3.17. The number of halogens is 2. The molecule has 3 aliphatic rings. The van der Waals surface area contributed by atoms with Gasteiger partial charge in [-0.3, -0.25) is 9.69 Å². The maximum atomic E-state index is 13.6. The minimum atomic E-state index is -0.122. The number of anilines is 2. The molecule has 0 radical (unpaired) electrons. The van der Waals surface area contributed by atoms with Crippen molar-refractivity contribution in [1.29, 1.82) is 0 Å². The van der Waals surface area contributed by atoms with E-state index in [1.807, 2.05) is 29.2 Å². The van der Waals surface area contributed by atoms with Gasteiger partial charge in [0.1, 0.15) is 0 Å². The van der Waals surface area contributed by atoms with E-state index in [4.69, 9.17) is 23.2 Å². The van der Waals surface area contributed by atoms with Gasteiger partial charge in [0, 0.05) is 41.3 Å². The van der Waals surface area contributed by atoms with E-state index in [0.717, 1.165) is 43.7 Å². The van der Waals surface area contributed by atoms with Crippen LogP contribution in [-0.4, -0.2) is 42.5 Å². The van der Waals surface area contributed by atoms with Crippen molar-refractivity contribution in [3.05, 3.63) is 58.1 Å². The van der Waals surface area contributed by atoms with Crippen LogP contribution in [0.1, 0.15) is 31.2 Å². The van der Waals surface area contributed by atoms with Gasteiger partial charge in [0.15, 0.2) is 0 Å². The molecule has 6 heteroatoms. The van der Waals surface area contributed by atoms with Crippen LogP contribution in [0.4, 0.5) is 11.4 Å². The quantitative estimate of drug-likeness (QED) is 0.685. The Balaban J connectivity index is 1.39. The van der Waals surface area contributed by atoms with Crippen LogP contribution in [0.5, 0.6) is 0 Å². The van der Waals surface area contributed by atoms with Crippen LogP contribution >= 0.6 is 23.2 Å². The van der Waals surface area contributed by atoms with Crippen molar-refractivity contribution in [3.63, 3.8) is 0 Å². The standard InChI is InChI=1S/C23H25Cl2N3O/c24-18-5-3-6-19(25)17(18)15-26-12-4-9-22(26)23(29)28-14-13-27(16-10-11-16)20-7-1-2-8-21(20)28/h1-3,5-8,16,22H,4,9-15H2/t22-/m0/s1. The Labute approximate surface area is 182 Å². The van der Waals surface area contributed by atoms with Gasteiger partial charge in [-0.1, -0.05) is 41.4 Å². The highest BCUT2D eigenvalue weighted by atomic mass is 35.5. The van der Waals surface area contributed by atoms with Crippen molar-refractivity contribution in [1.82, 2.24) is 4.90 Å². The largest absolute Gasteiger partial charge is 0.365 e. The first-order valence-electron chi connectivity index (χ1n) is 10.5. The van der Waals surface area contributed by atoms with Gasteiger partial charge >= 0.3 is 0 Å². The highest BCUT2D eigenvalue weighted by Crippen LogP contribution is 2.40. The van der Waals surface area contributed by atoms with Crippen LogP contribution in [0.25, 0.3) is 0 Å². The summed E-state index contributed by atoms with van der Waals surface area (Å²) in [6, 6.07) is 14.5. The number of fused-ring (bicyclic) bond motifs is 1. The van der Waals surface area contributed by atoms with Crippen LogP contribution in [0.2, 0.25) is 10.0 Å². The molecular weight excluding hydrogens is 405 g/mol. The molecule has 1 aliphatic carbocycles. The van der Waals surface area contributed by atoms with E-state index in [1.165, 1.54) is 18.5 Å². The normalized spacial score (nSPS) is 22.1. The van der Waals surface area contributed by atoms with E-state index in [1.54, 1.807) is 0 Å². The van der Waals surface area contributed by atoms with E-state index in [9.17, 15) is 4.79 Å². The van der Waals surface area contributed by atoms with Gasteiger partial charge in [-0.15, -0.1) is 0 Å². The lowest BCUT2D eigenvalue weighted by Crippen LogP contribution is -2.51. The summed E-state index contributed by atoms with van der Waals surface area (Å²) < 4.78 is 0. The van der Waals surface area contributed by atoms with Crippen LogP contribution in [0, 0.1) is 0 Å². The van der Waals surface area contributed by atoms with Gasteiger partial charge in [0.2, 0.25) is 5.91 Å². The summed E-state index contributed by atoms with van der Waals surface area (Å²) in [5.41, 5.74) is 3.17. The number of rotatable bonds is 4. The summed E-state index contributed by atoms with van der Waals surface area (Å²) in [5, 5.41) is 1.33. The first-order chi connectivity index (χ1) is 14.1. The number of hydrogen-bond acceptors (Lipinski definition) is 3. The minimum Gasteiger partial charge on any atom is -0.365 e. The number of carbonyl (C=O) groups is 1. The summed E-state index contributed by atoms with van der Waals surface area (Å²) in [5.74, 6) is 0.202. The molecule has 5 rings (SSSR count). The summed E-state index contributed by atoms with van der Waals surface area (Å²) in [6.07, 6.45) is 4.42. The molecule has 4 nitrogen and oxygen atoms in total. The minimum absolute atomic E-state index is 0.122. The molecule has 0 aromatic heterocycles. The molecule has 1 atom stereocenters. The molecule has 29 heavy (non-hydrogen) atoms. The van der Waals surface area contributed by atoms with E-state index in [0.29, 0.717) is 22.6 Å². The summed E-state index contributed by atoms with van der Waals surface area (Å²) >= 11 is 12.8. The predicted octanol–water partition coefficient (Wildman–Crippen LogP) is 4.97. The number of hydrogen-bond donors (Lipinski definition) is 0. The number of nitrogens with zero attached hydrogens (tertiary/aromatic N) is 3. The number of carbonyl (C=O) groups excluding carboxylic acids is 1. The monoisotopic (exact) mass is 429 g/mol. The zero-order valence-corrected chi connectivity index (χ0v) is 17.9. The smallest absolute Gasteiger partial charge is 0.244 e. The molecule has 1 saturated carbocycles. The van der Waals surface area contributed by atoms with Crippen LogP contribution in [-0.2, 0) is 11.3 Å². The van der Waals surface area contributed by atoms with E-state index in [-0.39, 0.29) is 11.9 Å². The maximum absolute atomic E-state index is 13.6. The molecule has 152 valence electrons. The summed E-state index contributed by atoms with van der Waals surface area (Å²) in [4.78, 5) is 20.4. The fourth-order valence-electron chi connectivity index (χ4n) is 4.74. The molecule has 1 saturated heterocycles. The van der Waals surface area contributed by atoms with Gasteiger partial charge in [-0.05, 0) is 56.5 Å². The predicted molar refractivity (Wildman–Crippen MR) is 119 cm³/mol. The Kier molecular flexibility index (Phi) is 5.19. The number of likely N-dealkylation sites (tertiary alicyclic amines) is 1. The zero-order valence-electron chi connectivity index (χ0n) is 16.4. The molecule has 0 unspecified atom stereocenters.